The second-order valence-electron chi connectivity index (χ2n) is 19.5. The van der Waals surface area contributed by atoms with Gasteiger partial charge in [-0.25, -0.2) is 4.79 Å². The Kier molecular flexibility index (Phi) is 20.1. The molecule has 58 heavy (non-hydrogen) atoms. The molecule has 0 aromatic heterocycles. The minimum atomic E-state index is -1.16. The first kappa shape index (κ1) is 52.1. The molecular weight excluding hydrogens is 741 g/mol. The molecule has 0 radical (unpaired) electrons. The third-order valence-corrected chi connectivity index (χ3v) is 11.1. The van der Waals surface area contributed by atoms with Crippen molar-refractivity contribution < 1.29 is 28.8 Å². The standard InChI is InChI=1S/C41H68N6O8.C3H8/c1-23(20-26(39(3,4)5)21-27(42)36(53)44-24(2)33(50)37(54)43-18-19-48)32(49)30(25-16-14-13-15-17-25)46-38(55)45-28(40(6,7)8)22-47(12)31-29(41(9,10)11)34(51)35(31)52;1-3-2/h19,23-28,30H,13-18,20-22,42H2,1-12H3,(H,43,54)(H,44,53)(H2,45,46,55);3H2,1-2H3/t23?,24?,26-,27?,28?,30?;/m0./s1. The number of hydrogen-bond donors (Lipinski definition) is 5. The van der Waals surface area contributed by atoms with Crippen LogP contribution in [0.15, 0.2) is 9.59 Å². The highest BCUT2D eigenvalue weighted by Crippen LogP contribution is 2.37. The van der Waals surface area contributed by atoms with E-state index in [2.05, 4.69) is 35.1 Å². The molecule has 0 aliphatic heterocycles. The summed E-state index contributed by atoms with van der Waals surface area (Å²) in [6, 6.07) is -3.87. The molecule has 14 nitrogen and oxygen atoms in total. The van der Waals surface area contributed by atoms with E-state index in [1.165, 1.54) is 13.3 Å². The molecular formula is C44H76N6O8. The number of Topliss-reactive ketones (excluding diaryl/α,β-unsaturated/α-hetero) is 2. The fourth-order valence-electron chi connectivity index (χ4n) is 7.44. The van der Waals surface area contributed by atoms with Gasteiger partial charge in [0.15, 0.2) is 5.78 Å². The van der Waals surface area contributed by atoms with Crippen molar-refractivity contribution in [2.75, 3.05) is 25.0 Å². The van der Waals surface area contributed by atoms with Crippen molar-refractivity contribution in [1.29, 1.82) is 0 Å². The van der Waals surface area contributed by atoms with Gasteiger partial charge in [0.25, 0.3) is 5.91 Å². The lowest BCUT2D eigenvalue weighted by Crippen LogP contribution is -2.58. The zero-order valence-electron chi connectivity index (χ0n) is 38.0. The van der Waals surface area contributed by atoms with Crippen LogP contribution in [0.5, 0.6) is 0 Å². The van der Waals surface area contributed by atoms with Crippen LogP contribution in [0.1, 0.15) is 147 Å². The zero-order chi connectivity index (χ0) is 44.9. The van der Waals surface area contributed by atoms with Crippen LogP contribution in [0, 0.1) is 28.6 Å². The monoisotopic (exact) mass is 817 g/mol. The third-order valence-electron chi connectivity index (χ3n) is 11.1. The molecule has 14 heteroatoms. The van der Waals surface area contributed by atoms with Crippen LogP contribution in [0.2, 0.25) is 0 Å². The van der Waals surface area contributed by atoms with Gasteiger partial charge in [-0.05, 0) is 60.7 Å². The summed E-state index contributed by atoms with van der Waals surface area (Å²) in [6.07, 6.45) is 6.85. The number of urea groups is 1. The largest absolute Gasteiger partial charge is 0.369 e. The lowest BCUT2D eigenvalue weighted by molar-refractivity contribution is -0.140. The summed E-state index contributed by atoms with van der Waals surface area (Å²) < 4.78 is 0. The van der Waals surface area contributed by atoms with Crippen molar-refractivity contribution in [3.05, 3.63) is 26.0 Å². The second-order valence-corrected chi connectivity index (χ2v) is 19.5. The van der Waals surface area contributed by atoms with Crippen LogP contribution in [0.25, 0.3) is 0 Å². The van der Waals surface area contributed by atoms with Crippen LogP contribution in [0.3, 0.4) is 0 Å². The van der Waals surface area contributed by atoms with Gasteiger partial charge in [0.05, 0.1) is 36.4 Å². The molecule has 4 amide bonds. The number of hydrogen-bond acceptors (Lipinski definition) is 10. The maximum Gasteiger partial charge on any atom is 0.315 e. The summed E-state index contributed by atoms with van der Waals surface area (Å²) >= 11 is 0. The summed E-state index contributed by atoms with van der Waals surface area (Å²) in [5.74, 6) is -3.36. The molecule has 1 aliphatic rings. The summed E-state index contributed by atoms with van der Waals surface area (Å²) in [5.41, 5.74) is 4.86. The Morgan fingerprint density at radius 1 is 0.828 bits per heavy atom. The van der Waals surface area contributed by atoms with E-state index in [0.29, 0.717) is 24.0 Å². The highest BCUT2D eigenvalue weighted by Gasteiger charge is 2.39. The SMILES string of the molecule is CC(C[C@@H](CC(N)C(=O)NC(C)C(=O)C(=O)NCC=O)C(C)(C)C)C(=O)C(NC(=O)NC(CN(C)c1c(C(C)(C)C)c(=O)c1=O)C(C)(C)C)C1CCCCC1.CCC. The molecule has 0 spiro atoms. The Bertz CT molecular complexity index is 1620. The minimum absolute atomic E-state index is 0.0489. The molecule has 330 valence electrons. The first-order chi connectivity index (χ1) is 26.6. The summed E-state index contributed by atoms with van der Waals surface area (Å²) in [7, 11) is 1.75. The maximum absolute atomic E-state index is 14.4. The maximum atomic E-state index is 14.4. The Morgan fingerprint density at radius 3 is 1.86 bits per heavy atom. The average Bonchev–Trinajstić information content (AvgIpc) is 3.12. The molecule has 6 atom stereocenters. The van der Waals surface area contributed by atoms with E-state index in [4.69, 9.17) is 5.73 Å². The van der Waals surface area contributed by atoms with E-state index in [1.54, 1.807) is 11.9 Å². The number of anilines is 1. The first-order valence-corrected chi connectivity index (χ1v) is 21.1. The molecule has 1 aromatic carbocycles. The number of nitrogens with zero attached hydrogens (tertiary/aromatic N) is 1. The number of nitrogens with one attached hydrogen (secondary N) is 4. The molecule has 5 unspecified atom stereocenters. The van der Waals surface area contributed by atoms with Crippen LogP contribution in [0.4, 0.5) is 10.5 Å². The molecule has 1 fully saturated rings. The molecule has 0 bridgehead atoms. The fraction of sp³-hybridized carbons (Fsp3) is 0.773. The van der Waals surface area contributed by atoms with E-state index in [9.17, 15) is 38.4 Å². The normalized spacial score (nSPS) is 16.9. The predicted octanol–water partition coefficient (Wildman–Crippen LogP) is 4.46. The van der Waals surface area contributed by atoms with Gasteiger partial charge in [-0.15, -0.1) is 0 Å². The van der Waals surface area contributed by atoms with Crippen molar-refractivity contribution in [2.45, 2.75) is 171 Å². The summed E-state index contributed by atoms with van der Waals surface area (Å²) in [6.45, 7) is 25.0. The number of ketones is 2. The molecule has 0 heterocycles. The third kappa shape index (κ3) is 15.3. The topological polar surface area (TPSA) is 214 Å². The number of aldehydes is 1. The Balaban J connectivity index is 0.00000542. The van der Waals surface area contributed by atoms with E-state index >= 15 is 0 Å². The number of likely N-dealkylation sites (N-methyl/N-ethyl adjacent to an activating group) is 1. The van der Waals surface area contributed by atoms with Gasteiger partial charge in [-0.3, -0.25) is 28.8 Å². The van der Waals surface area contributed by atoms with Crippen molar-refractivity contribution in [2.24, 2.45) is 34.3 Å². The Hall–Kier alpha value is -3.94. The van der Waals surface area contributed by atoms with Gasteiger partial charge < -0.3 is 36.7 Å². The van der Waals surface area contributed by atoms with Gasteiger partial charge in [0.2, 0.25) is 22.5 Å². The van der Waals surface area contributed by atoms with Crippen LogP contribution >= 0.6 is 0 Å². The second kappa shape index (κ2) is 22.4. The lowest BCUT2D eigenvalue weighted by Gasteiger charge is -2.38. The van der Waals surface area contributed by atoms with Crippen molar-refractivity contribution in [1.82, 2.24) is 21.3 Å². The molecule has 0 saturated heterocycles. The van der Waals surface area contributed by atoms with Crippen molar-refractivity contribution >= 4 is 41.4 Å². The van der Waals surface area contributed by atoms with Gasteiger partial charge in [0, 0.05) is 25.1 Å². The van der Waals surface area contributed by atoms with Gasteiger partial charge in [0.1, 0.15) is 6.29 Å². The molecule has 1 aromatic rings. The highest BCUT2D eigenvalue weighted by molar-refractivity contribution is 6.38. The highest BCUT2D eigenvalue weighted by atomic mass is 16.2. The smallest absolute Gasteiger partial charge is 0.315 e. The number of rotatable bonds is 18. The minimum Gasteiger partial charge on any atom is -0.369 e. The lowest BCUT2D eigenvalue weighted by atomic mass is 9.71. The van der Waals surface area contributed by atoms with E-state index in [1.807, 2.05) is 69.2 Å². The van der Waals surface area contributed by atoms with E-state index in [0.717, 1.165) is 32.1 Å². The van der Waals surface area contributed by atoms with Crippen molar-refractivity contribution in [3.8, 4) is 0 Å². The van der Waals surface area contributed by atoms with Crippen LogP contribution < -0.4 is 42.8 Å². The Morgan fingerprint density at radius 2 is 1.38 bits per heavy atom. The molecule has 1 aliphatic carbocycles. The average molecular weight is 817 g/mol. The number of nitrogens with two attached hydrogens (primary N) is 1. The van der Waals surface area contributed by atoms with Crippen LogP contribution in [-0.2, 0) is 29.4 Å². The van der Waals surface area contributed by atoms with Gasteiger partial charge >= 0.3 is 6.03 Å². The van der Waals surface area contributed by atoms with E-state index in [-0.39, 0.29) is 42.5 Å². The number of amides is 4. The summed E-state index contributed by atoms with van der Waals surface area (Å²) in [5, 5.41) is 10.8. The van der Waals surface area contributed by atoms with Crippen molar-refractivity contribution in [3.63, 3.8) is 0 Å². The quantitative estimate of drug-likeness (QED) is 0.104. The molecule has 6 N–H and O–H groups in total. The van der Waals surface area contributed by atoms with E-state index < -0.39 is 75.4 Å². The number of carbonyl (C=O) groups excluding carboxylic acids is 6. The Labute approximate surface area is 347 Å². The first-order valence-electron chi connectivity index (χ1n) is 21.1. The zero-order valence-corrected chi connectivity index (χ0v) is 38.0. The van der Waals surface area contributed by atoms with Gasteiger partial charge in [-0.2, -0.15) is 0 Å². The number of carbonyl (C=O) groups is 6. The molecule has 1 saturated carbocycles. The van der Waals surface area contributed by atoms with Crippen LogP contribution in [-0.4, -0.2) is 80.0 Å². The molecule has 2 rings (SSSR count). The van der Waals surface area contributed by atoms with Gasteiger partial charge in [-0.1, -0.05) is 109 Å². The summed E-state index contributed by atoms with van der Waals surface area (Å²) in [4.78, 5) is 103. The predicted molar refractivity (Wildman–Crippen MR) is 231 cm³/mol. The fourth-order valence-corrected chi connectivity index (χ4v) is 7.44.